The van der Waals surface area contributed by atoms with E-state index >= 15 is 0 Å². The SMILES string of the molecule is Cc1cc(C)c(OCC(=O)[O-])c(C)c1. The van der Waals surface area contributed by atoms with Crippen molar-refractivity contribution in [1.29, 1.82) is 0 Å². The average molecular weight is 193 g/mol. The van der Waals surface area contributed by atoms with Crippen LogP contribution in [0.5, 0.6) is 5.75 Å². The summed E-state index contributed by atoms with van der Waals surface area (Å²) in [5, 5.41) is 10.2. The Labute approximate surface area is 83.3 Å². The maximum absolute atomic E-state index is 10.2. The second-order valence-electron chi connectivity index (χ2n) is 3.39. The Morgan fingerprint density at radius 1 is 1.29 bits per heavy atom. The maximum Gasteiger partial charge on any atom is 0.128 e. The highest BCUT2D eigenvalue weighted by Crippen LogP contribution is 2.24. The summed E-state index contributed by atoms with van der Waals surface area (Å²) in [6.45, 7) is 5.38. The molecule has 0 amide bonds. The Bertz CT molecular complexity index is 333. The predicted molar refractivity (Wildman–Crippen MR) is 51.2 cm³/mol. The van der Waals surface area contributed by atoms with Gasteiger partial charge in [0.25, 0.3) is 0 Å². The minimum Gasteiger partial charge on any atom is -0.546 e. The van der Waals surface area contributed by atoms with Crippen molar-refractivity contribution in [1.82, 2.24) is 0 Å². The molecule has 0 aliphatic rings. The molecule has 0 unspecified atom stereocenters. The van der Waals surface area contributed by atoms with E-state index in [1.54, 1.807) is 0 Å². The first-order chi connectivity index (χ1) is 6.50. The summed E-state index contributed by atoms with van der Waals surface area (Å²) in [7, 11) is 0. The molecule has 1 aromatic rings. The van der Waals surface area contributed by atoms with Crippen molar-refractivity contribution in [3.8, 4) is 5.75 Å². The standard InChI is InChI=1S/C11H14O3/c1-7-4-8(2)11(9(3)5-7)14-6-10(12)13/h4-5H,6H2,1-3H3,(H,12,13)/p-1. The van der Waals surface area contributed by atoms with Crippen LogP contribution < -0.4 is 9.84 Å². The lowest BCUT2D eigenvalue weighted by atomic mass is 10.1. The minimum atomic E-state index is -1.20. The molecule has 0 atom stereocenters. The molecule has 0 aromatic heterocycles. The van der Waals surface area contributed by atoms with E-state index in [-0.39, 0.29) is 0 Å². The van der Waals surface area contributed by atoms with Crippen LogP contribution >= 0.6 is 0 Å². The first kappa shape index (κ1) is 10.6. The molecule has 1 aromatic carbocycles. The van der Waals surface area contributed by atoms with Crippen molar-refractivity contribution in [2.75, 3.05) is 6.61 Å². The summed E-state index contributed by atoms with van der Waals surface area (Å²) in [5.41, 5.74) is 3.04. The molecule has 0 aliphatic heterocycles. The van der Waals surface area contributed by atoms with Gasteiger partial charge in [-0.3, -0.25) is 0 Å². The average Bonchev–Trinajstić information content (AvgIpc) is 2.01. The Morgan fingerprint density at radius 2 is 1.79 bits per heavy atom. The number of carbonyl (C=O) groups is 1. The zero-order chi connectivity index (χ0) is 10.7. The first-order valence-corrected chi connectivity index (χ1v) is 4.41. The fourth-order valence-electron chi connectivity index (χ4n) is 1.53. The van der Waals surface area contributed by atoms with Crippen LogP contribution in [-0.4, -0.2) is 12.6 Å². The molecule has 0 heterocycles. The van der Waals surface area contributed by atoms with E-state index in [1.807, 2.05) is 32.9 Å². The molecule has 0 radical (unpaired) electrons. The van der Waals surface area contributed by atoms with Gasteiger partial charge in [0.15, 0.2) is 0 Å². The number of hydrogen-bond acceptors (Lipinski definition) is 3. The molecule has 3 heteroatoms. The summed E-state index contributed by atoms with van der Waals surface area (Å²) in [6.07, 6.45) is 0. The van der Waals surface area contributed by atoms with Gasteiger partial charge in [0.1, 0.15) is 12.4 Å². The number of aliphatic carboxylic acids is 1. The highest BCUT2D eigenvalue weighted by Gasteiger charge is 2.04. The zero-order valence-electron chi connectivity index (χ0n) is 8.59. The van der Waals surface area contributed by atoms with E-state index in [9.17, 15) is 9.90 Å². The Kier molecular flexibility index (Phi) is 3.12. The molecule has 0 fully saturated rings. The fourth-order valence-corrected chi connectivity index (χ4v) is 1.53. The third-order valence-corrected chi connectivity index (χ3v) is 1.94. The molecule has 0 N–H and O–H groups in total. The number of benzene rings is 1. The van der Waals surface area contributed by atoms with Gasteiger partial charge in [-0.2, -0.15) is 0 Å². The van der Waals surface area contributed by atoms with Gasteiger partial charge < -0.3 is 14.6 Å². The second kappa shape index (κ2) is 4.13. The Hall–Kier alpha value is -1.51. The zero-order valence-corrected chi connectivity index (χ0v) is 8.59. The molecule has 0 bridgehead atoms. The summed E-state index contributed by atoms with van der Waals surface area (Å²) < 4.78 is 5.12. The van der Waals surface area contributed by atoms with E-state index in [1.165, 1.54) is 0 Å². The van der Waals surface area contributed by atoms with Crippen LogP contribution in [0.1, 0.15) is 16.7 Å². The van der Waals surface area contributed by atoms with Gasteiger partial charge in [0, 0.05) is 0 Å². The molecular formula is C11H13O3-. The van der Waals surface area contributed by atoms with Crippen molar-refractivity contribution in [3.63, 3.8) is 0 Å². The number of aryl methyl sites for hydroxylation is 3. The smallest absolute Gasteiger partial charge is 0.128 e. The van der Waals surface area contributed by atoms with E-state index in [4.69, 9.17) is 4.74 Å². The molecule has 0 aliphatic carbocycles. The molecule has 0 saturated heterocycles. The lowest BCUT2D eigenvalue weighted by molar-refractivity contribution is -0.307. The number of rotatable bonds is 3. The van der Waals surface area contributed by atoms with Crippen LogP contribution in [0.2, 0.25) is 0 Å². The molecule has 76 valence electrons. The monoisotopic (exact) mass is 193 g/mol. The third-order valence-electron chi connectivity index (χ3n) is 1.94. The highest BCUT2D eigenvalue weighted by molar-refractivity contribution is 5.66. The summed E-state index contributed by atoms with van der Waals surface area (Å²) in [4.78, 5) is 10.2. The van der Waals surface area contributed by atoms with Crippen molar-refractivity contribution in [3.05, 3.63) is 28.8 Å². The van der Waals surface area contributed by atoms with Crippen molar-refractivity contribution >= 4 is 5.97 Å². The molecular weight excluding hydrogens is 180 g/mol. The van der Waals surface area contributed by atoms with Crippen LogP contribution in [-0.2, 0) is 4.79 Å². The molecule has 14 heavy (non-hydrogen) atoms. The van der Waals surface area contributed by atoms with E-state index in [0.717, 1.165) is 16.7 Å². The van der Waals surface area contributed by atoms with Gasteiger partial charge in [0.2, 0.25) is 0 Å². The number of carbonyl (C=O) groups excluding carboxylic acids is 1. The lowest BCUT2D eigenvalue weighted by Crippen LogP contribution is -2.29. The van der Waals surface area contributed by atoms with Gasteiger partial charge in [-0.1, -0.05) is 17.7 Å². The van der Waals surface area contributed by atoms with Gasteiger partial charge in [-0.25, -0.2) is 0 Å². The van der Waals surface area contributed by atoms with Gasteiger partial charge in [-0.15, -0.1) is 0 Å². The Balaban J connectivity index is 2.91. The quantitative estimate of drug-likeness (QED) is 0.711. The van der Waals surface area contributed by atoms with Gasteiger partial charge in [0.05, 0.1) is 5.97 Å². The lowest BCUT2D eigenvalue weighted by Gasteiger charge is -2.13. The molecule has 0 saturated carbocycles. The van der Waals surface area contributed by atoms with E-state index in [2.05, 4.69) is 0 Å². The van der Waals surface area contributed by atoms with E-state index in [0.29, 0.717) is 5.75 Å². The topological polar surface area (TPSA) is 49.4 Å². The van der Waals surface area contributed by atoms with Crippen molar-refractivity contribution < 1.29 is 14.6 Å². The number of carboxylic acid groups (broad SMARTS) is 1. The largest absolute Gasteiger partial charge is 0.546 e. The molecule has 0 spiro atoms. The fraction of sp³-hybridized carbons (Fsp3) is 0.364. The van der Waals surface area contributed by atoms with Crippen molar-refractivity contribution in [2.45, 2.75) is 20.8 Å². The second-order valence-corrected chi connectivity index (χ2v) is 3.39. The van der Waals surface area contributed by atoms with Crippen LogP contribution in [0.25, 0.3) is 0 Å². The number of hydrogen-bond donors (Lipinski definition) is 0. The first-order valence-electron chi connectivity index (χ1n) is 4.41. The normalized spacial score (nSPS) is 9.93. The number of carboxylic acids is 1. The van der Waals surface area contributed by atoms with Crippen LogP contribution in [0.15, 0.2) is 12.1 Å². The maximum atomic E-state index is 10.2. The van der Waals surface area contributed by atoms with Crippen molar-refractivity contribution in [2.24, 2.45) is 0 Å². The summed E-state index contributed by atoms with van der Waals surface area (Å²) in [5.74, 6) is -0.566. The molecule has 1 rings (SSSR count). The highest BCUT2D eigenvalue weighted by atomic mass is 16.5. The Morgan fingerprint density at radius 3 is 2.21 bits per heavy atom. The summed E-state index contributed by atoms with van der Waals surface area (Å²) >= 11 is 0. The number of ether oxygens (including phenoxy) is 1. The molecule has 3 nitrogen and oxygen atoms in total. The third kappa shape index (κ3) is 2.49. The van der Waals surface area contributed by atoms with Crippen LogP contribution in [0.4, 0.5) is 0 Å². The van der Waals surface area contributed by atoms with Gasteiger partial charge in [-0.05, 0) is 31.9 Å². The van der Waals surface area contributed by atoms with Crippen LogP contribution in [0.3, 0.4) is 0 Å². The van der Waals surface area contributed by atoms with Crippen LogP contribution in [0, 0.1) is 20.8 Å². The minimum absolute atomic E-state index is 0.398. The predicted octanol–water partition coefficient (Wildman–Crippen LogP) is 0.741. The van der Waals surface area contributed by atoms with Gasteiger partial charge >= 0.3 is 0 Å². The summed E-state index contributed by atoms with van der Waals surface area (Å²) in [6, 6.07) is 3.91. The van der Waals surface area contributed by atoms with E-state index < -0.39 is 12.6 Å².